The predicted octanol–water partition coefficient (Wildman–Crippen LogP) is 2.24. The summed E-state index contributed by atoms with van der Waals surface area (Å²) in [5.41, 5.74) is 1.15. The van der Waals surface area contributed by atoms with E-state index in [4.69, 9.17) is 9.78 Å². The van der Waals surface area contributed by atoms with E-state index in [9.17, 15) is 9.59 Å². The summed E-state index contributed by atoms with van der Waals surface area (Å²) in [6.45, 7) is 3.38. The summed E-state index contributed by atoms with van der Waals surface area (Å²) in [5.74, 6) is 0.501. The highest BCUT2D eigenvalue weighted by atomic mass is 16.5. The van der Waals surface area contributed by atoms with Crippen LogP contribution in [0.2, 0.25) is 0 Å². The van der Waals surface area contributed by atoms with Crippen molar-refractivity contribution in [2.45, 2.75) is 20.3 Å². The van der Waals surface area contributed by atoms with Crippen molar-refractivity contribution in [3.63, 3.8) is 0 Å². The molecule has 0 fully saturated rings. The van der Waals surface area contributed by atoms with E-state index in [1.54, 1.807) is 37.3 Å². The van der Waals surface area contributed by atoms with Crippen molar-refractivity contribution >= 4 is 23.3 Å². The van der Waals surface area contributed by atoms with Crippen molar-refractivity contribution in [1.29, 1.82) is 5.26 Å². The monoisotopic (exact) mass is 312 g/mol. The normalized spacial score (nSPS) is 9.96. The summed E-state index contributed by atoms with van der Waals surface area (Å²) in [5, 5.41) is 15.1. The standard InChI is InChI=1S/C16H16N4O3/c1-11-9-15(19-23-11)18-16(22)7-8-20(12(2)21)14-5-3-13(10-17)4-6-14/h3-6,9H,7-8H2,1-2H3,(H,18,19,22). The molecule has 0 bridgehead atoms. The lowest BCUT2D eigenvalue weighted by molar-refractivity contribution is -0.117. The fourth-order valence-electron chi connectivity index (χ4n) is 2.03. The Kier molecular flexibility index (Phi) is 5.10. The van der Waals surface area contributed by atoms with E-state index >= 15 is 0 Å². The van der Waals surface area contributed by atoms with Crippen LogP contribution in [-0.4, -0.2) is 23.5 Å². The first-order valence-electron chi connectivity index (χ1n) is 7.01. The number of nitriles is 1. The van der Waals surface area contributed by atoms with Crippen LogP contribution in [0.5, 0.6) is 0 Å². The topological polar surface area (TPSA) is 99.2 Å². The minimum atomic E-state index is -0.266. The number of carbonyl (C=O) groups excluding carboxylic acids is 2. The van der Waals surface area contributed by atoms with Crippen LogP contribution in [-0.2, 0) is 9.59 Å². The molecule has 0 spiro atoms. The predicted molar refractivity (Wildman–Crippen MR) is 83.7 cm³/mol. The van der Waals surface area contributed by atoms with Gasteiger partial charge < -0.3 is 14.7 Å². The minimum Gasteiger partial charge on any atom is -0.360 e. The first-order chi connectivity index (χ1) is 11.0. The molecular weight excluding hydrogens is 296 g/mol. The molecule has 23 heavy (non-hydrogen) atoms. The molecule has 0 radical (unpaired) electrons. The van der Waals surface area contributed by atoms with Crippen molar-refractivity contribution in [2.24, 2.45) is 0 Å². The Morgan fingerprint density at radius 2 is 2.04 bits per heavy atom. The molecule has 0 aliphatic carbocycles. The maximum atomic E-state index is 11.9. The smallest absolute Gasteiger partial charge is 0.227 e. The van der Waals surface area contributed by atoms with Gasteiger partial charge in [-0.1, -0.05) is 5.16 Å². The molecule has 0 unspecified atom stereocenters. The van der Waals surface area contributed by atoms with E-state index in [2.05, 4.69) is 10.5 Å². The van der Waals surface area contributed by atoms with E-state index in [0.29, 0.717) is 22.8 Å². The van der Waals surface area contributed by atoms with Crippen LogP contribution in [0.1, 0.15) is 24.7 Å². The summed E-state index contributed by atoms with van der Waals surface area (Å²) in [7, 11) is 0. The second kappa shape index (κ2) is 7.22. The number of aromatic nitrogens is 1. The first-order valence-corrected chi connectivity index (χ1v) is 7.01. The van der Waals surface area contributed by atoms with Gasteiger partial charge in [0.05, 0.1) is 11.6 Å². The molecule has 118 valence electrons. The third kappa shape index (κ3) is 4.41. The average Bonchev–Trinajstić information content (AvgIpc) is 2.92. The van der Waals surface area contributed by atoms with Crippen molar-refractivity contribution in [3.8, 4) is 6.07 Å². The van der Waals surface area contributed by atoms with Gasteiger partial charge in [0, 0.05) is 31.6 Å². The quantitative estimate of drug-likeness (QED) is 0.912. The van der Waals surface area contributed by atoms with Crippen molar-refractivity contribution < 1.29 is 14.1 Å². The van der Waals surface area contributed by atoms with Gasteiger partial charge in [-0.2, -0.15) is 5.26 Å². The Balaban J connectivity index is 1.98. The molecule has 7 nitrogen and oxygen atoms in total. The fraction of sp³-hybridized carbons (Fsp3) is 0.250. The maximum absolute atomic E-state index is 11.9. The number of rotatable bonds is 5. The second-order valence-electron chi connectivity index (χ2n) is 4.95. The van der Waals surface area contributed by atoms with Gasteiger partial charge >= 0.3 is 0 Å². The maximum Gasteiger partial charge on any atom is 0.227 e. The van der Waals surface area contributed by atoms with E-state index in [-0.39, 0.29) is 24.8 Å². The first kappa shape index (κ1) is 16.2. The SMILES string of the molecule is CC(=O)N(CCC(=O)Nc1cc(C)on1)c1ccc(C#N)cc1. The van der Waals surface area contributed by atoms with Crippen LogP contribution in [0.4, 0.5) is 11.5 Å². The van der Waals surface area contributed by atoms with Crippen LogP contribution in [0, 0.1) is 18.3 Å². The largest absolute Gasteiger partial charge is 0.360 e. The van der Waals surface area contributed by atoms with Crippen LogP contribution in [0.3, 0.4) is 0 Å². The Morgan fingerprint density at radius 1 is 1.35 bits per heavy atom. The third-order valence-corrected chi connectivity index (χ3v) is 3.15. The molecule has 0 aliphatic heterocycles. The van der Waals surface area contributed by atoms with Crippen LogP contribution < -0.4 is 10.2 Å². The molecule has 1 heterocycles. The van der Waals surface area contributed by atoms with Gasteiger partial charge in [-0.25, -0.2) is 0 Å². The van der Waals surface area contributed by atoms with Crippen LogP contribution in [0.15, 0.2) is 34.9 Å². The summed E-state index contributed by atoms with van der Waals surface area (Å²) in [4.78, 5) is 25.2. The zero-order chi connectivity index (χ0) is 16.8. The Morgan fingerprint density at radius 3 is 2.57 bits per heavy atom. The van der Waals surface area contributed by atoms with Crippen LogP contribution >= 0.6 is 0 Å². The highest BCUT2D eigenvalue weighted by Gasteiger charge is 2.14. The lowest BCUT2D eigenvalue weighted by atomic mass is 10.2. The number of hydrogen-bond acceptors (Lipinski definition) is 5. The lowest BCUT2D eigenvalue weighted by Crippen LogP contribution is -2.31. The summed E-state index contributed by atoms with van der Waals surface area (Å²) < 4.78 is 4.86. The molecule has 1 N–H and O–H groups in total. The number of nitrogens with zero attached hydrogens (tertiary/aromatic N) is 3. The molecule has 2 amide bonds. The Hall–Kier alpha value is -3.14. The molecule has 7 heteroatoms. The van der Waals surface area contributed by atoms with Crippen molar-refractivity contribution in [2.75, 3.05) is 16.8 Å². The number of hydrogen-bond donors (Lipinski definition) is 1. The van der Waals surface area contributed by atoms with E-state index < -0.39 is 0 Å². The van der Waals surface area contributed by atoms with Gasteiger partial charge in [-0.3, -0.25) is 9.59 Å². The third-order valence-electron chi connectivity index (χ3n) is 3.15. The van der Waals surface area contributed by atoms with Gasteiger partial charge in [-0.05, 0) is 31.2 Å². The molecular formula is C16H16N4O3. The number of aryl methyl sites for hydroxylation is 1. The van der Waals surface area contributed by atoms with Gasteiger partial charge in [0.2, 0.25) is 11.8 Å². The van der Waals surface area contributed by atoms with Crippen molar-refractivity contribution in [3.05, 3.63) is 41.7 Å². The lowest BCUT2D eigenvalue weighted by Gasteiger charge is -2.20. The van der Waals surface area contributed by atoms with E-state index in [0.717, 1.165) is 0 Å². The van der Waals surface area contributed by atoms with Gasteiger partial charge in [-0.15, -0.1) is 0 Å². The minimum absolute atomic E-state index is 0.117. The molecule has 2 rings (SSSR count). The van der Waals surface area contributed by atoms with Gasteiger partial charge in [0.1, 0.15) is 5.76 Å². The average molecular weight is 312 g/mol. The highest BCUT2D eigenvalue weighted by molar-refractivity contribution is 5.94. The summed E-state index contributed by atoms with van der Waals surface area (Å²) in [6, 6.07) is 10.2. The molecule has 0 atom stereocenters. The molecule has 0 saturated carbocycles. The highest BCUT2D eigenvalue weighted by Crippen LogP contribution is 2.16. The number of amides is 2. The number of anilines is 2. The summed E-state index contributed by atoms with van der Waals surface area (Å²) >= 11 is 0. The zero-order valence-electron chi connectivity index (χ0n) is 12.9. The Bertz CT molecular complexity index is 743. The molecule has 2 aromatic rings. The second-order valence-corrected chi connectivity index (χ2v) is 4.95. The van der Waals surface area contributed by atoms with Crippen molar-refractivity contribution in [1.82, 2.24) is 5.16 Å². The number of carbonyl (C=O) groups is 2. The molecule has 1 aromatic heterocycles. The number of benzene rings is 1. The molecule has 0 aliphatic rings. The van der Waals surface area contributed by atoms with E-state index in [1.165, 1.54) is 11.8 Å². The van der Waals surface area contributed by atoms with Crippen LogP contribution in [0.25, 0.3) is 0 Å². The Labute approximate surface area is 133 Å². The van der Waals surface area contributed by atoms with Gasteiger partial charge in [0.15, 0.2) is 5.82 Å². The summed E-state index contributed by atoms with van der Waals surface area (Å²) in [6.07, 6.45) is 0.117. The van der Waals surface area contributed by atoms with E-state index in [1.807, 2.05) is 6.07 Å². The molecule has 1 aromatic carbocycles. The fourth-order valence-corrected chi connectivity index (χ4v) is 2.03. The zero-order valence-corrected chi connectivity index (χ0v) is 12.9. The molecule has 0 saturated heterocycles. The number of nitrogens with one attached hydrogen (secondary N) is 1. The van der Waals surface area contributed by atoms with Gasteiger partial charge in [0.25, 0.3) is 0 Å².